The molecule has 0 aliphatic carbocycles. The monoisotopic (exact) mass is 335 g/mol. The summed E-state index contributed by atoms with van der Waals surface area (Å²) in [7, 11) is 1.31. The highest BCUT2D eigenvalue weighted by Crippen LogP contribution is 2.28. The quantitative estimate of drug-likeness (QED) is 0.353. The number of anilines is 1. The largest absolute Gasteiger partial charge is 0.469 e. The molecule has 1 saturated heterocycles. The number of amides is 1. The van der Waals surface area contributed by atoms with E-state index in [1.807, 2.05) is 0 Å². The van der Waals surface area contributed by atoms with Crippen LogP contribution < -0.4 is 10.2 Å². The van der Waals surface area contributed by atoms with Crippen LogP contribution in [-0.2, 0) is 9.53 Å². The summed E-state index contributed by atoms with van der Waals surface area (Å²) in [5, 5.41) is 13.7. The minimum Gasteiger partial charge on any atom is -0.469 e. The van der Waals surface area contributed by atoms with Crippen molar-refractivity contribution < 1.29 is 19.2 Å². The molecule has 1 N–H and O–H groups in total. The summed E-state index contributed by atoms with van der Waals surface area (Å²) < 4.78 is 4.54. The molecule has 1 amide bonds. The van der Waals surface area contributed by atoms with Crippen LogP contribution in [0.25, 0.3) is 0 Å². The molecule has 2 rings (SSSR count). The zero-order valence-corrected chi connectivity index (χ0v) is 13.6. The van der Waals surface area contributed by atoms with Gasteiger partial charge in [-0.3, -0.25) is 19.7 Å². The van der Waals surface area contributed by atoms with E-state index in [-0.39, 0.29) is 24.0 Å². The van der Waals surface area contributed by atoms with Crippen LogP contribution in [0.1, 0.15) is 36.0 Å². The summed E-state index contributed by atoms with van der Waals surface area (Å²) in [4.78, 5) is 36.0. The van der Waals surface area contributed by atoms with E-state index in [1.165, 1.54) is 19.2 Å². The van der Waals surface area contributed by atoms with E-state index in [9.17, 15) is 19.7 Å². The average molecular weight is 335 g/mol. The lowest BCUT2D eigenvalue weighted by atomic mass is 10.1. The second kappa shape index (κ2) is 8.28. The Labute approximate surface area is 139 Å². The van der Waals surface area contributed by atoms with Gasteiger partial charge in [-0.1, -0.05) is 0 Å². The van der Waals surface area contributed by atoms with Crippen molar-refractivity contribution in [1.82, 2.24) is 5.32 Å². The predicted molar refractivity (Wildman–Crippen MR) is 88.1 cm³/mol. The van der Waals surface area contributed by atoms with Gasteiger partial charge in [0.2, 0.25) is 0 Å². The van der Waals surface area contributed by atoms with Crippen molar-refractivity contribution in [3.8, 4) is 0 Å². The molecule has 0 unspecified atom stereocenters. The number of carbonyl (C=O) groups excluding carboxylic acids is 2. The molecule has 1 aromatic carbocycles. The summed E-state index contributed by atoms with van der Waals surface area (Å²) in [5.74, 6) is -0.706. The molecule has 24 heavy (non-hydrogen) atoms. The van der Waals surface area contributed by atoms with Crippen molar-refractivity contribution in [3.63, 3.8) is 0 Å². The maximum absolute atomic E-state index is 12.4. The maximum Gasteiger partial charge on any atom is 0.305 e. The zero-order valence-electron chi connectivity index (χ0n) is 13.6. The number of nitrogens with one attached hydrogen (secondary N) is 1. The molecule has 0 atom stereocenters. The fourth-order valence-electron chi connectivity index (χ4n) is 2.69. The second-order valence-electron chi connectivity index (χ2n) is 5.59. The number of methoxy groups -OCH3 is 1. The Hall–Kier alpha value is -2.64. The van der Waals surface area contributed by atoms with Gasteiger partial charge in [0.15, 0.2) is 0 Å². The van der Waals surface area contributed by atoms with Gasteiger partial charge in [-0.25, -0.2) is 0 Å². The van der Waals surface area contributed by atoms with Gasteiger partial charge in [0.05, 0.1) is 23.3 Å². The normalized spacial score (nSPS) is 13.6. The van der Waals surface area contributed by atoms with Crippen molar-refractivity contribution in [2.24, 2.45) is 0 Å². The van der Waals surface area contributed by atoms with Gasteiger partial charge in [0.1, 0.15) is 0 Å². The topological polar surface area (TPSA) is 102 Å². The Morgan fingerprint density at radius 1 is 1.33 bits per heavy atom. The van der Waals surface area contributed by atoms with E-state index < -0.39 is 4.92 Å². The van der Waals surface area contributed by atoms with Crippen LogP contribution in [0.5, 0.6) is 0 Å². The van der Waals surface area contributed by atoms with Gasteiger partial charge >= 0.3 is 5.97 Å². The number of nitro benzene ring substituents is 1. The molecule has 1 aliphatic heterocycles. The molecule has 1 fully saturated rings. The molecule has 130 valence electrons. The van der Waals surface area contributed by atoms with Gasteiger partial charge in [-0.05, 0) is 25.3 Å². The number of ether oxygens (including phenoxy) is 1. The first-order valence-corrected chi connectivity index (χ1v) is 7.91. The molecule has 8 heteroatoms. The van der Waals surface area contributed by atoms with Gasteiger partial charge in [0.25, 0.3) is 11.6 Å². The van der Waals surface area contributed by atoms with Crippen LogP contribution in [0.15, 0.2) is 18.2 Å². The van der Waals surface area contributed by atoms with Crippen LogP contribution in [0.3, 0.4) is 0 Å². The third kappa shape index (κ3) is 4.43. The first kappa shape index (κ1) is 17.7. The number of esters is 1. The minimum absolute atomic E-state index is 0.113. The standard InChI is InChI=1S/C16H21N3O5/c1-24-15(20)5-4-8-17-16(21)13-11-12(19(22)23)6-7-14(13)18-9-2-3-10-18/h6-7,11H,2-5,8-10H2,1H3,(H,17,21). The van der Waals surface area contributed by atoms with E-state index in [1.54, 1.807) is 6.07 Å². The van der Waals surface area contributed by atoms with Crippen molar-refractivity contribution in [2.45, 2.75) is 25.7 Å². The van der Waals surface area contributed by atoms with Crippen LogP contribution in [-0.4, -0.2) is 43.5 Å². The van der Waals surface area contributed by atoms with E-state index in [0.29, 0.717) is 24.2 Å². The molecule has 0 spiro atoms. The number of nitro groups is 1. The first-order valence-electron chi connectivity index (χ1n) is 7.91. The summed E-state index contributed by atoms with van der Waals surface area (Å²) in [6.45, 7) is 1.97. The van der Waals surface area contributed by atoms with Crippen molar-refractivity contribution >= 4 is 23.3 Å². The van der Waals surface area contributed by atoms with E-state index in [4.69, 9.17) is 0 Å². The average Bonchev–Trinajstić information content (AvgIpc) is 3.12. The SMILES string of the molecule is COC(=O)CCCNC(=O)c1cc([N+](=O)[O-])ccc1N1CCCC1. The van der Waals surface area contributed by atoms with E-state index >= 15 is 0 Å². The van der Waals surface area contributed by atoms with Gasteiger partial charge < -0.3 is 15.0 Å². The molecular formula is C16H21N3O5. The van der Waals surface area contributed by atoms with Crippen molar-refractivity contribution in [1.29, 1.82) is 0 Å². The minimum atomic E-state index is -0.512. The molecule has 0 radical (unpaired) electrons. The van der Waals surface area contributed by atoms with Gasteiger partial charge in [0, 0.05) is 38.2 Å². The molecule has 0 bridgehead atoms. The molecule has 0 saturated carbocycles. The zero-order chi connectivity index (χ0) is 17.5. The Bertz CT molecular complexity index is 626. The number of hydrogen-bond acceptors (Lipinski definition) is 6. The van der Waals surface area contributed by atoms with Crippen molar-refractivity contribution in [3.05, 3.63) is 33.9 Å². The lowest BCUT2D eigenvalue weighted by molar-refractivity contribution is -0.384. The Morgan fingerprint density at radius 3 is 2.67 bits per heavy atom. The fourth-order valence-corrected chi connectivity index (χ4v) is 2.69. The summed E-state index contributed by atoms with van der Waals surface area (Å²) in [6.07, 6.45) is 2.74. The Kier molecular flexibility index (Phi) is 6.11. The number of benzene rings is 1. The lowest BCUT2D eigenvalue weighted by Crippen LogP contribution is -2.28. The summed E-state index contributed by atoms with van der Waals surface area (Å²) in [6, 6.07) is 4.36. The van der Waals surface area contributed by atoms with E-state index in [0.717, 1.165) is 25.9 Å². The smallest absolute Gasteiger partial charge is 0.305 e. The second-order valence-corrected chi connectivity index (χ2v) is 5.59. The van der Waals surface area contributed by atoms with Crippen LogP contribution in [0, 0.1) is 10.1 Å². The summed E-state index contributed by atoms with van der Waals surface area (Å²) >= 11 is 0. The Balaban J connectivity index is 2.09. The lowest BCUT2D eigenvalue weighted by Gasteiger charge is -2.20. The van der Waals surface area contributed by atoms with Crippen LogP contribution in [0.4, 0.5) is 11.4 Å². The number of hydrogen-bond donors (Lipinski definition) is 1. The number of non-ortho nitro benzene ring substituents is 1. The van der Waals surface area contributed by atoms with Gasteiger partial charge in [-0.15, -0.1) is 0 Å². The van der Waals surface area contributed by atoms with E-state index in [2.05, 4.69) is 15.0 Å². The third-order valence-electron chi connectivity index (χ3n) is 3.95. The maximum atomic E-state index is 12.4. The molecule has 8 nitrogen and oxygen atoms in total. The predicted octanol–water partition coefficient (Wildman–Crippen LogP) is 1.88. The Morgan fingerprint density at radius 2 is 2.04 bits per heavy atom. The number of carbonyl (C=O) groups is 2. The highest BCUT2D eigenvalue weighted by Gasteiger charge is 2.22. The fraction of sp³-hybridized carbons (Fsp3) is 0.500. The van der Waals surface area contributed by atoms with Crippen LogP contribution in [0.2, 0.25) is 0 Å². The molecular weight excluding hydrogens is 314 g/mol. The number of nitrogens with zero attached hydrogens (tertiary/aromatic N) is 2. The van der Waals surface area contributed by atoms with Crippen molar-refractivity contribution in [2.75, 3.05) is 31.6 Å². The first-order chi connectivity index (χ1) is 11.5. The molecule has 0 aromatic heterocycles. The highest BCUT2D eigenvalue weighted by atomic mass is 16.6. The third-order valence-corrected chi connectivity index (χ3v) is 3.95. The molecule has 1 aromatic rings. The summed E-state index contributed by atoms with van der Waals surface area (Å²) in [5.41, 5.74) is 0.894. The number of rotatable bonds is 7. The van der Waals surface area contributed by atoms with Gasteiger partial charge in [-0.2, -0.15) is 0 Å². The molecule has 1 heterocycles. The highest BCUT2D eigenvalue weighted by molar-refractivity contribution is 6.00. The molecule has 1 aliphatic rings. The van der Waals surface area contributed by atoms with Crippen LogP contribution >= 0.6 is 0 Å².